The van der Waals surface area contributed by atoms with Gasteiger partial charge >= 0.3 is 0 Å². The number of benzene rings is 1. The van der Waals surface area contributed by atoms with Crippen molar-refractivity contribution in [3.8, 4) is 5.69 Å². The SMILES string of the molecule is Nc1cc(Cc2cnn(-c3ccccc3)n2)c2n[nH]nc2n1. The minimum Gasteiger partial charge on any atom is -0.384 e. The largest absolute Gasteiger partial charge is 0.384 e. The molecule has 0 saturated carbocycles. The molecule has 8 nitrogen and oxygen atoms in total. The van der Waals surface area contributed by atoms with Crippen LogP contribution in [0.2, 0.25) is 0 Å². The number of anilines is 1. The van der Waals surface area contributed by atoms with E-state index in [1.165, 1.54) is 0 Å². The summed E-state index contributed by atoms with van der Waals surface area (Å²) < 4.78 is 0. The maximum atomic E-state index is 5.80. The number of nitrogens with zero attached hydrogens (tertiary/aromatic N) is 6. The number of hydrogen-bond donors (Lipinski definition) is 2. The first kappa shape index (κ1) is 12.5. The predicted octanol–water partition coefficient (Wildman–Crippen LogP) is 1.11. The molecule has 0 bridgehead atoms. The summed E-state index contributed by atoms with van der Waals surface area (Å²) in [6, 6.07) is 11.5. The van der Waals surface area contributed by atoms with Crippen LogP contribution in [-0.2, 0) is 6.42 Å². The third-order valence-electron chi connectivity index (χ3n) is 3.29. The minimum absolute atomic E-state index is 0.409. The summed E-state index contributed by atoms with van der Waals surface area (Å²) in [7, 11) is 0. The van der Waals surface area contributed by atoms with Gasteiger partial charge in [0.25, 0.3) is 0 Å². The normalized spacial score (nSPS) is 11.1. The van der Waals surface area contributed by atoms with Crippen LogP contribution in [0.15, 0.2) is 42.6 Å². The van der Waals surface area contributed by atoms with Gasteiger partial charge in [0.1, 0.15) is 11.3 Å². The Hall–Kier alpha value is -3.29. The fourth-order valence-corrected chi connectivity index (χ4v) is 2.31. The van der Waals surface area contributed by atoms with Crippen molar-refractivity contribution in [2.45, 2.75) is 6.42 Å². The molecule has 0 spiro atoms. The first-order valence-electron chi connectivity index (χ1n) is 6.72. The number of para-hydroxylation sites is 1. The maximum Gasteiger partial charge on any atom is 0.203 e. The highest BCUT2D eigenvalue weighted by Gasteiger charge is 2.11. The molecular formula is C14H12N8. The number of H-pyrrole nitrogens is 1. The molecule has 0 radical (unpaired) electrons. The third-order valence-corrected chi connectivity index (χ3v) is 3.29. The highest BCUT2D eigenvalue weighted by atomic mass is 15.5. The molecule has 3 aromatic heterocycles. The second-order valence-corrected chi connectivity index (χ2v) is 4.84. The number of hydrogen-bond acceptors (Lipinski definition) is 6. The fourth-order valence-electron chi connectivity index (χ4n) is 2.31. The minimum atomic E-state index is 0.409. The van der Waals surface area contributed by atoms with Crippen LogP contribution in [0.4, 0.5) is 5.82 Å². The fraction of sp³-hybridized carbons (Fsp3) is 0.0714. The molecule has 1 aromatic carbocycles. The van der Waals surface area contributed by atoms with Gasteiger partial charge in [0.15, 0.2) is 0 Å². The summed E-state index contributed by atoms with van der Waals surface area (Å²) in [6.45, 7) is 0. The summed E-state index contributed by atoms with van der Waals surface area (Å²) in [5, 5.41) is 19.4. The van der Waals surface area contributed by atoms with E-state index in [1.807, 2.05) is 30.3 Å². The lowest BCUT2D eigenvalue weighted by Crippen LogP contribution is -2.00. The number of aromatic nitrogens is 7. The Kier molecular flexibility index (Phi) is 2.78. The quantitative estimate of drug-likeness (QED) is 0.585. The monoisotopic (exact) mass is 292 g/mol. The molecule has 0 aliphatic heterocycles. The zero-order valence-corrected chi connectivity index (χ0v) is 11.5. The van der Waals surface area contributed by atoms with Crippen molar-refractivity contribution < 1.29 is 0 Å². The van der Waals surface area contributed by atoms with Gasteiger partial charge in [0.2, 0.25) is 5.65 Å². The number of nitrogens with one attached hydrogen (secondary N) is 1. The van der Waals surface area contributed by atoms with E-state index in [9.17, 15) is 0 Å². The zero-order chi connectivity index (χ0) is 14.9. The van der Waals surface area contributed by atoms with Gasteiger partial charge in [0, 0.05) is 6.42 Å². The molecule has 3 heterocycles. The molecule has 0 amide bonds. The molecular weight excluding hydrogens is 280 g/mol. The predicted molar refractivity (Wildman–Crippen MR) is 80.3 cm³/mol. The number of fused-ring (bicyclic) bond motifs is 1. The van der Waals surface area contributed by atoms with Crippen molar-refractivity contribution in [3.63, 3.8) is 0 Å². The lowest BCUT2D eigenvalue weighted by Gasteiger charge is -2.00. The molecule has 4 aromatic rings. The number of pyridine rings is 1. The van der Waals surface area contributed by atoms with E-state index in [4.69, 9.17) is 5.73 Å². The number of nitrogen functional groups attached to an aromatic ring is 1. The Morgan fingerprint density at radius 3 is 2.86 bits per heavy atom. The van der Waals surface area contributed by atoms with E-state index in [-0.39, 0.29) is 0 Å². The summed E-state index contributed by atoms with van der Waals surface area (Å²) >= 11 is 0. The Balaban J connectivity index is 1.69. The Morgan fingerprint density at radius 1 is 1.14 bits per heavy atom. The first-order chi connectivity index (χ1) is 10.8. The van der Waals surface area contributed by atoms with Crippen molar-refractivity contribution in [2.24, 2.45) is 0 Å². The molecule has 0 atom stereocenters. The summed E-state index contributed by atoms with van der Waals surface area (Å²) in [6.07, 6.45) is 2.29. The average Bonchev–Trinajstić information content (AvgIpc) is 3.17. The third kappa shape index (κ3) is 2.16. The average molecular weight is 292 g/mol. The molecule has 0 saturated heterocycles. The van der Waals surface area contributed by atoms with Crippen LogP contribution in [-0.4, -0.2) is 35.4 Å². The topological polar surface area (TPSA) is 111 Å². The van der Waals surface area contributed by atoms with E-state index >= 15 is 0 Å². The molecule has 8 heteroatoms. The van der Waals surface area contributed by atoms with E-state index in [0.717, 1.165) is 16.9 Å². The molecule has 0 aliphatic carbocycles. The Labute approximate surface area is 125 Å². The number of rotatable bonds is 3. The summed E-state index contributed by atoms with van der Waals surface area (Å²) in [4.78, 5) is 5.72. The van der Waals surface area contributed by atoms with E-state index < -0.39 is 0 Å². The molecule has 3 N–H and O–H groups in total. The second kappa shape index (κ2) is 4.92. The lowest BCUT2D eigenvalue weighted by molar-refractivity contribution is 0.742. The van der Waals surface area contributed by atoms with Crippen molar-refractivity contribution in [3.05, 3.63) is 53.9 Å². The Bertz CT molecular complexity index is 924. The van der Waals surface area contributed by atoms with Crippen LogP contribution in [0.5, 0.6) is 0 Å². The number of aromatic amines is 1. The van der Waals surface area contributed by atoms with Gasteiger partial charge in [-0.15, -0.1) is 5.10 Å². The molecule has 0 fully saturated rings. The number of nitrogens with two attached hydrogens (primary N) is 1. The first-order valence-corrected chi connectivity index (χ1v) is 6.72. The molecule has 22 heavy (non-hydrogen) atoms. The van der Waals surface area contributed by atoms with Crippen molar-refractivity contribution in [1.29, 1.82) is 0 Å². The van der Waals surface area contributed by atoms with Crippen LogP contribution in [0.1, 0.15) is 11.3 Å². The van der Waals surface area contributed by atoms with Gasteiger partial charge in [-0.05, 0) is 23.8 Å². The van der Waals surface area contributed by atoms with Gasteiger partial charge in [-0.25, -0.2) is 4.98 Å². The van der Waals surface area contributed by atoms with Crippen molar-refractivity contribution in [1.82, 2.24) is 35.4 Å². The molecule has 4 rings (SSSR count). The zero-order valence-electron chi connectivity index (χ0n) is 11.5. The van der Waals surface area contributed by atoms with Gasteiger partial charge in [-0.3, -0.25) is 0 Å². The van der Waals surface area contributed by atoms with Gasteiger partial charge in [-0.2, -0.15) is 25.3 Å². The highest BCUT2D eigenvalue weighted by Crippen LogP contribution is 2.18. The molecule has 108 valence electrons. The van der Waals surface area contributed by atoms with Crippen molar-refractivity contribution in [2.75, 3.05) is 5.73 Å². The molecule has 0 aliphatic rings. The lowest BCUT2D eigenvalue weighted by atomic mass is 10.1. The van der Waals surface area contributed by atoms with Crippen LogP contribution in [0.25, 0.3) is 16.9 Å². The van der Waals surface area contributed by atoms with Crippen LogP contribution in [0.3, 0.4) is 0 Å². The van der Waals surface area contributed by atoms with E-state index in [2.05, 4.69) is 30.6 Å². The van der Waals surface area contributed by atoms with Crippen molar-refractivity contribution >= 4 is 17.0 Å². The maximum absolute atomic E-state index is 5.80. The summed E-state index contributed by atoms with van der Waals surface area (Å²) in [5.41, 5.74) is 9.65. The van der Waals surface area contributed by atoms with Gasteiger partial charge in [0.05, 0.1) is 17.6 Å². The van der Waals surface area contributed by atoms with E-state index in [1.54, 1.807) is 17.1 Å². The van der Waals surface area contributed by atoms with Crippen LogP contribution < -0.4 is 5.73 Å². The van der Waals surface area contributed by atoms with Crippen LogP contribution >= 0.6 is 0 Å². The smallest absolute Gasteiger partial charge is 0.203 e. The summed E-state index contributed by atoms with van der Waals surface area (Å²) in [5.74, 6) is 0.409. The molecule has 0 unspecified atom stereocenters. The van der Waals surface area contributed by atoms with Gasteiger partial charge < -0.3 is 5.73 Å². The van der Waals surface area contributed by atoms with E-state index in [0.29, 0.717) is 23.4 Å². The second-order valence-electron chi connectivity index (χ2n) is 4.84. The standard InChI is InChI=1S/C14H12N8/c15-12-7-9(13-14(17-12)19-21-18-13)6-10-8-16-22(20-10)11-4-2-1-3-5-11/h1-5,7-8H,6H2,(H3,15,17,18,19,21). The Morgan fingerprint density at radius 2 is 2.00 bits per heavy atom. The van der Waals surface area contributed by atoms with Crippen LogP contribution in [0, 0.1) is 0 Å². The highest BCUT2D eigenvalue weighted by molar-refractivity contribution is 5.75. The van der Waals surface area contributed by atoms with Gasteiger partial charge in [-0.1, -0.05) is 18.2 Å².